The Bertz CT molecular complexity index is 1610. The van der Waals surface area contributed by atoms with E-state index >= 15 is 0 Å². The van der Waals surface area contributed by atoms with E-state index in [-0.39, 0.29) is 26.2 Å². The van der Waals surface area contributed by atoms with Gasteiger partial charge in [-0.15, -0.1) is 0 Å². The number of hydrogen-bond acceptors (Lipinski definition) is 3. The van der Waals surface area contributed by atoms with Crippen LogP contribution in [-0.4, -0.2) is 47.8 Å². The van der Waals surface area contributed by atoms with E-state index in [1.165, 1.54) is 12.2 Å². The first-order valence-corrected chi connectivity index (χ1v) is 14.9. The van der Waals surface area contributed by atoms with Crippen molar-refractivity contribution in [1.82, 2.24) is 9.80 Å². The Morgan fingerprint density at radius 2 is 0.857 bits per heavy atom. The molecule has 0 radical (unpaired) electrons. The summed E-state index contributed by atoms with van der Waals surface area (Å²) in [6.45, 7) is 6.40. The van der Waals surface area contributed by atoms with Crippen LogP contribution in [0.25, 0.3) is 11.1 Å². The Hall–Kier alpha value is -4.15. The van der Waals surface area contributed by atoms with Crippen LogP contribution in [0, 0.1) is 0 Å². The first-order valence-electron chi connectivity index (χ1n) is 14.1. The van der Waals surface area contributed by atoms with Gasteiger partial charge in [0, 0.05) is 47.1 Å². The van der Waals surface area contributed by atoms with Crippen LogP contribution >= 0.6 is 11.8 Å². The van der Waals surface area contributed by atoms with Gasteiger partial charge >= 0.3 is 24.7 Å². The van der Waals surface area contributed by atoms with E-state index < -0.39 is 103 Å². The van der Waals surface area contributed by atoms with Crippen molar-refractivity contribution in [3.05, 3.63) is 95.1 Å². The van der Waals surface area contributed by atoms with E-state index in [4.69, 9.17) is 0 Å². The summed E-state index contributed by atoms with van der Waals surface area (Å²) < 4.78 is 173. The highest BCUT2D eigenvalue weighted by Gasteiger charge is 2.50. The monoisotopic (exact) mass is 728 g/mol. The number of hydrogen-bond donors (Lipinski definition) is 0. The molecule has 2 heterocycles. The second kappa shape index (κ2) is 13.6. The molecule has 0 atom stereocenters. The second-order valence-electron chi connectivity index (χ2n) is 10.8. The molecule has 4 rings (SSSR count). The summed E-state index contributed by atoms with van der Waals surface area (Å²) in [4.78, 5) is 24.8. The number of carbonyl (C=O) groups is 2. The molecule has 264 valence electrons. The van der Waals surface area contributed by atoms with Gasteiger partial charge in [0.05, 0.1) is 22.3 Å². The minimum Gasteiger partial charge on any atom is -0.335 e. The van der Waals surface area contributed by atoms with Crippen molar-refractivity contribution in [2.75, 3.05) is 26.2 Å². The maximum absolute atomic E-state index is 14.5. The van der Waals surface area contributed by atoms with Crippen LogP contribution in [0.3, 0.4) is 0 Å². The average Bonchev–Trinajstić information content (AvgIpc) is 3.01. The summed E-state index contributed by atoms with van der Waals surface area (Å²) in [5, 5.41) is 0. The highest BCUT2D eigenvalue weighted by atomic mass is 32.2. The Kier molecular flexibility index (Phi) is 10.5. The molecule has 0 saturated carbocycles. The van der Waals surface area contributed by atoms with Crippen molar-refractivity contribution in [2.45, 2.75) is 47.3 Å². The van der Waals surface area contributed by atoms with Gasteiger partial charge in [-0.25, -0.2) is 0 Å². The topological polar surface area (TPSA) is 40.6 Å². The molecule has 0 N–H and O–H groups in total. The van der Waals surface area contributed by atoms with E-state index in [9.17, 15) is 62.3 Å². The van der Waals surface area contributed by atoms with Gasteiger partial charge in [0.15, 0.2) is 0 Å². The molecule has 2 aliphatic heterocycles. The van der Waals surface area contributed by atoms with Crippen molar-refractivity contribution in [3.63, 3.8) is 0 Å². The SMILES string of the molecule is C=C(C(=O)N1CC=CCC1)c1ccc(Sc2ccc(C(=C)C(=O)N3CC=CCC3)c(C(F)(F)F)c2C(F)(F)F)c(C(F)(F)F)c1C(F)(F)F. The zero-order valence-corrected chi connectivity index (χ0v) is 25.7. The molecule has 49 heavy (non-hydrogen) atoms. The number of amides is 2. The summed E-state index contributed by atoms with van der Waals surface area (Å²) >= 11 is -0.639. The normalized spacial score (nSPS) is 15.8. The van der Waals surface area contributed by atoms with Gasteiger partial charge in [0.25, 0.3) is 11.8 Å². The minimum absolute atomic E-state index is 0.0145. The van der Waals surface area contributed by atoms with Gasteiger partial charge in [-0.05, 0) is 36.1 Å². The van der Waals surface area contributed by atoms with Gasteiger partial charge < -0.3 is 9.80 Å². The zero-order chi connectivity index (χ0) is 36.7. The Morgan fingerprint density at radius 3 is 1.12 bits per heavy atom. The molecule has 2 aromatic carbocycles. The lowest BCUT2D eigenvalue weighted by Gasteiger charge is -2.28. The van der Waals surface area contributed by atoms with E-state index in [2.05, 4.69) is 13.2 Å². The molecule has 0 spiro atoms. The molecule has 4 nitrogen and oxygen atoms in total. The first-order chi connectivity index (χ1) is 22.5. The van der Waals surface area contributed by atoms with E-state index in [1.807, 2.05) is 0 Å². The van der Waals surface area contributed by atoms with E-state index in [0.29, 0.717) is 37.1 Å². The third-order valence-electron chi connectivity index (χ3n) is 7.55. The van der Waals surface area contributed by atoms with Gasteiger partial charge in [-0.2, -0.15) is 52.7 Å². The van der Waals surface area contributed by atoms with Crippen LogP contribution in [0.4, 0.5) is 52.7 Å². The average molecular weight is 729 g/mol. The minimum atomic E-state index is -5.94. The molecular formula is C32H24F12N2O2S. The molecule has 2 amide bonds. The number of alkyl halides is 12. The van der Waals surface area contributed by atoms with Crippen molar-refractivity contribution in [2.24, 2.45) is 0 Å². The van der Waals surface area contributed by atoms with Gasteiger partial charge in [-0.3, -0.25) is 9.59 Å². The summed E-state index contributed by atoms with van der Waals surface area (Å²) in [5.41, 5.74) is -14.6. The van der Waals surface area contributed by atoms with Crippen LogP contribution in [0.1, 0.15) is 46.2 Å². The largest absolute Gasteiger partial charge is 0.418 e. The summed E-state index contributed by atoms with van der Waals surface area (Å²) in [6, 6.07) is 1.47. The Labute approximate surface area is 275 Å². The Balaban J connectivity index is 1.93. The lowest BCUT2D eigenvalue weighted by molar-refractivity contribution is -0.164. The summed E-state index contributed by atoms with van der Waals surface area (Å²) in [6.07, 6.45) is -16.7. The molecule has 0 bridgehead atoms. The number of rotatable bonds is 6. The lowest BCUT2D eigenvalue weighted by Crippen LogP contribution is -2.34. The number of benzene rings is 2. The third kappa shape index (κ3) is 8.02. The quantitative estimate of drug-likeness (QED) is 0.169. The fourth-order valence-electron chi connectivity index (χ4n) is 5.37. The van der Waals surface area contributed by atoms with Crippen molar-refractivity contribution < 1.29 is 62.3 Å². The van der Waals surface area contributed by atoms with Crippen LogP contribution in [-0.2, 0) is 34.3 Å². The molecular weight excluding hydrogens is 704 g/mol. The molecule has 2 aliphatic rings. The van der Waals surface area contributed by atoms with Crippen molar-refractivity contribution >= 4 is 34.7 Å². The number of halogens is 12. The number of carbonyl (C=O) groups excluding carboxylic acids is 2. The number of nitrogens with zero attached hydrogens (tertiary/aromatic N) is 2. The van der Waals surface area contributed by atoms with Crippen molar-refractivity contribution in [1.29, 1.82) is 0 Å². The smallest absolute Gasteiger partial charge is 0.335 e. The van der Waals surface area contributed by atoms with Gasteiger partial charge in [0.1, 0.15) is 0 Å². The lowest BCUT2D eigenvalue weighted by atomic mass is 9.94. The molecule has 0 aromatic heterocycles. The van der Waals surface area contributed by atoms with Crippen LogP contribution < -0.4 is 0 Å². The molecule has 0 unspecified atom stereocenters. The van der Waals surface area contributed by atoms with Gasteiger partial charge in [0.2, 0.25) is 0 Å². The fourth-order valence-corrected chi connectivity index (χ4v) is 6.52. The molecule has 17 heteroatoms. The van der Waals surface area contributed by atoms with E-state index in [0.717, 1.165) is 9.80 Å². The standard InChI is InChI=1S/C32H24F12N2O2S/c1-17(27(47)45-13-5-3-6-14-45)19-9-11-21(25(31(39,40)41)23(19)29(33,34)35)49-22-12-10-20(18(2)28(48)46-15-7-4-8-16-46)24(30(36,37)38)26(22)32(42,43)44/h3-5,7,9-12H,1-2,6,8,13-16H2. The molecule has 0 fully saturated rings. The highest BCUT2D eigenvalue weighted by Crippen LogP contribution is 2.53. The van der Waals surface area contributed by atoms with Crippen LogP contribution in [0.5, 0.6) is 0 Å². The summed E-state index contributed by atoms with van der Waals surface area (Å²) in [7, 11) is 0. The summed E-state index contributed by atoms with van der Waals surface area (Å²) in [5.74, 6) is -2.27. The maximum Gasteiger partial charge on any atom is 0.418 e. The zero-order valence-electron chi connectivity index (χ0n) is 24.9. The predicted octanol–water partition coefficient (Wildman–Crippen LogP) is 9.52. The predicted molar refractivity (Wildman–Crippen MR) is 156 cm³/mol. The third-order valence-corrected chi connectivity index (χ3v) is 8.67. The van der Waals surface area contributed by atoms with Crippen LogP contribution in [0.2, 0.25) is 0 Å². The molecule has 0 aliphatic carbocycles. The first kappa shape index (κ1) is 37.7. The maximum atomic E-state index is 14.5. The Morgan fingerprint density at radius 1 is 0.531 bits per heavy atom. The second-order valence-corrected chi connectivity index (χ2v) is 11.9. The van der Waals surface area contributed by atoms with Crippen LogP contribution in [0.15, 0.2) is 71.5 Å². The van der Waals surface area contributed by atoms with Crippen molar-refractivity contribution in [3.8, 4) is 0 Å². The van der Waals surface area contributed by atoms with Gasteiger partial charge in [-0.1, -0.05) is 61.4 Å². The van der Waals surface area contributed by atoms with E-state index in [1.54, 1.807) is 12.2 Å². The fraction of sp³-hybridized carbons (Fsp3) is 0.312. The highest BCUT2D eigenvalue weighted by molar-refractivity contribution is 7.99. The molecule has 2 aromatic rings. The molecule has 0 saturated heterocycles.